The van der Waals surface area contributed by atoms with E-state index in [-0.39, 0.29) is 18.0 Å². The molecule has 90 valence electrons. The van der Waals surface area contributed by atoms with Crippen molar-refractivity contribution in [2.75, 3.05) is 0 Å². The number of rotatable bonds is 5. The van der Waals surface area contributed by atoms with Crippen LogP contribution in [0.1, 0.15) is 25.8 Å². The maximum Gasteiger partial charge on any atom is 0.123 e. The van der Waals surface area contributed by atoms with Crippen molar-refractivity contribution in [3.63, 3.8) is 0 Å². The monoisotopic (exact) mass is 289 g/mol. The van der Waals surface area contributed by atoms with E-state index in [9.17, 15) is 9.50 Å². The highest BCUT2D eigenvalue weighted by molar-refractivity contribution is 9.10. The molecular weight excluding hydrogens is 273 g/mol. The molecule has 0 aromatic heterocycles. The van der Waals surface area contributed by atoms with E-state index in [0.29, 0.717) is 13.0 Å². The van der Waals surface area contributed by atoms with Crippen LogP contribution in [0.4, 0.5) is 4.39 Å². The van der Waals surface area contributed by atoms with Crippen LogP contribution in [0.15, 0.2) is 22.7 Å². The molecule has 4 heteroatoms. The van der Waals surface area contributed by atoms with Crippen LogP contribution < -0.4 is 5.32 Å². The molecule has 0 spiro atoms. The summed E-state index contributed by atoms with van der Waals surface area (Å²) >= 11 is 3.38. The largest absolute Gasteiger partial charge is 0.393 e. The minimum Gasteiger partial charge on any atom is -0.393 e. The van der Waals surface area contributed by atoms with Crippen molar-refractivity contribution in [3.8, 4) is 0 Å². The molecule has 0 aliphatic rings. The number of aliphatic hydroxyl groups excluding tert-OH is 1. The van der Waals surface area contributed by atoms with Crippen molar-refractivity contribution < 1.29 is 9.50 Å². The summed E-state index contributed by atoms with van der Waals surface area (Å²) in [5, 5.41) is 12.5. The molecule has 2 nitrogen and oxygen atoms in total. The topological polar surface area (TPSA) is 32.3 Å². The first kappa shape index (κ1) is 13.6. The molecule has 2 N–H and O–H groups in total. The second-order valence-corrected chi connectivity index (χ2v) is 4.96. The van der Waals surface area contributed by atoms with E-state index in [2.05, 4.69) is 21.2 Å². The van der Waals surface area contributed by atoms with Crippen molar-refractivity contribution in [3.05, 3.63) is 34.1 Å². The van der Waals surface area contributed by atoms with E-state index in [1.54, 1.807) is 13.0 Å². The summed E-state index contributed by atoms with van der Waals surface area (Å²) in [5.41, 5.74) is 0.887. The van der Waals surface area contributed by atoms with Gasteiger partial charge in [-0.2, -0.15) is 0 Å². The molecule has 0 heterocycles. The van der Waals surface area contributed by atoms with Crippen LogP contribution in [0.5, 0.6) is 0 Å². The Kier molecular flexibility index (Phi) is 5.38. The Morgan fingerprint density at radius 3 is 2.75 bits per heavy atom. The minimum atomic E-state index is -0.321. The van der Waals surface area contributed by atoms with Crippen LogP contribution in [-0.2, 0) is 6.54 Å². The molecule has 0 saturated heterocycles. The van der Waals surface area contributed by atoms with E-state index in [1.165, 1.54) is 12.1 Å². The number of aliphatic hydroxyl groups is 1. The van der Waals surface area contributed by atoms with Gasteiger partial charge in [-0.25, -0.2) is 4.39 Å². The van der Waals surface area contributed by atoms with Crippen molar-refractivity contribution in [1.29, 1.82) is 0 Å². The Bertz CT molecular complexity index is 344. The van der Waals surface area contributed by atoms with Crippen molar-refractivity contribution in [2.45, 2.75) is 39.0 Å². The first-order chi connectivity index (χ1) is 7.49. The summed E-state index contributed by atoms with van der Waals surface area (Å²) in [6, 6.07) is 4.83. The van der Waals surface area contributed by atoms with Crippen LogP contribution >= 0.6 is 15.9 Å². The van der Waals surface area contributed by atoms with Gasteiger partial charge in [-0.1, -0.05) is 15.9 Å². The number of hydrogen-bond donors (Lipinski definition) is 2. The zero-order valence-electron chi connectivity index (χ0n) is 9.50. The Hall–Kier alpha value is -0.450. The Balaban J connectivity index is 2.51. The second-order valence-electron chi connectivity index (χ2n) is 4.10. The Labute approximate surface area is 104 Å². The third kappa shape index (κ3) is 4.60. The van der Waals surface area contributed by atoms with Gasteiger partial charge < -0.3 is 10.4 Å². The van der Waals surface area contributed by atoms with Gasteiger partial charge in [-0.3, -0.25) is 0 Å². The highest BCUT2D eigenvalue weighted by Crippen LogP contribution is 2.17. The van der Waals surface area contributed by atoms with E-state index >= 15 is 0 Å². The van der Waals surface area contributed by atoms with Crippen molar-refractivity contribution in [2.24, 2.45) is 0 Å². The lowest BCUT2D eigenvalue weighted by molar-refractivity contribution is 0.170. The van der Waals surface area contributed by atoms with E-state index < -0.39 is 0 Å². The fourth-order valence-corrected chi connectivity index (χ4v) is 1.94. The van der Waals surface area contributed by atoms with Crippen LogP contribution in [0.3, 0.4) is 0 Å². The minimum absolute atomic E-state index is 0.204. The smallest absolute Gasteiger partial charge is 0.123 e. The van der Waals surface area contributed by atoms with Gasteiger partial charge in [0, 0.05) is 17.1 Å². The molecule has 2 unspecified atom stereocenters. The van der Waals surface area contributed by atoms with Crippen molar-refractivity contribution in [1.82, 2.24) is 5.32 Å². The number of nitrogens with one attached hydrogen (secondary N) is 1. The predicted molar refractivity (Wildman–Crippen MR) is 66.7 cm³/mol. The second kappa shape index (κ2) is 6.33. The van der Waals surface area contributed by atoms with E-state index in [0.717, 1.165) is 10.0 Å². The highest BCUT2D eigenvalue weighted by Gasteiger charge is 2.07. The molecule has 0 aliphatic carbocycles. The van der Waals surface area contributed by atoms with Crippen LogP contribution in [0.2, 0.25) is 0 Å². The fraction of sp³-hybridized carbons (Fsp3) is 0.500. The molecular formula is C12H17BrFNO. The van der Waals surface area contributed by atoms with Crippen molar-refractivity contribution >= 4 is 15.9 Å². The lowest BCUT2D eigenvalue weighted by Crippen LogP contribution is -2.28. The number of halogens is 2. The molecule has 2 atom stereocenters. The molecule has 0 bridgehead atoms. The third-order valence-electron chi connectivity index (χ3n) is 2.34. The SMILES string of the molecule is CC(O)CC(C)NCc1cc(F)ccc1Br. The Morgan fingerprint density at radius 1 is 1.44 bits per heavy atom. The molecule has 1 aromatic rings. The summed E-state index contributed by atoms with van der Waals surface area (Å²) in [5.74, 6) is -0.233. The zero-order valence-corrected chi connectivity index (χ0v) is 11.1. The lowest BCUT2D eigenvalue weighted by Gasteiger charge is -2.16. The van der Waals surface area contributed by atoms with Gasteiger partial charge in [-0.15, -0.1) is 0 Å². The quantitative estimate of drug-likeness (QED) is 0.874. The van der Waals surface area contributed by atoms with Crippen LogP contribution in [-0.4, -0.2) is 17.3 Å². The summed E-state index contributed by atoms with van der Waals surface area (Å²) in [6.07, 6.45) is 0.367. The van der Waals surface area contributed by atoms with E-state index in [1.807, 2.05) is 6.92 Å². The fourth-order valence-electron chi connectivity index (χ4n) is 1.56. The van der Waals surface area contributed by atoms with Gasteiger partial charge in [-0.05, 0) is 44.0 Å². The molecule has 0 amide bonds. The van der Waals surface area contributed by atoms with E-state index in [4.69, 9.17) is 0 Å². The van der Waals surface area contributed by atoms with Crippen LogP contribution in [0, 0.1) is 5.82 Å². The first-order valence-electron chi connectivity index (χ1n) is 5.34. The molecule has 0 saturated carbocycles. The third-order valence-corrected chi connectivity index (χ3v) is 3.12. The summed E-state index contributed by atoms with van der Waals surface area (Å²) in [4.78, 5) is 0. The summed E-state index contributed by atoms with van der Waals surface area (Å²) < 4.78 is 13.9. The maximum absolute atomic E-state index is 13.0. The van der Waals surface area contributed by atoms with Gasteiger partial charge >= 0.3 is 0 Å². The van der Waals surface area contributed by atoms with Gasteiger partial charge in [0.05, 0.1) is 6.10 Å². The molecule has 16 heavy (non-hydrogen) atoms. The molecule has 1 aromatic carbocycles. The van der Waals surface area contributed by atoms with Gasteiger partial charge in [0.15, 0.2) is 0 Å². The highest BCUT2D eigenvalue weighted by atomic mass is 79.9. The molecule has 0 aliphatic heterocycles. The average Bonchev–Trinajstić information content (AvgIpc) is 2.18. The lowest BCUT2D eigenvalue weighted by atomic mass is 10.1. The maximum atomic E-state index is 13.0. The summed E-state index contributed by atoms with van der Waals surface area (Å²) in [6.45, 7) is 4.35. The predicted octanol–water partition coefficient (Wildman–Crippen LogP) is 2.84. The number of benzene rings is 1. The Morgan fingerprint density at radius 2 is 2.12 bits per heavy atom. The average molecular weight is 290 g/mol. The van der Waals surface area contributed by atoms with Gasteiger partial charge in [0.25, 0.3) is 0 Å². The summed E-state index contributed by atoms with van der Waals surface area (Å²) in [7, 11) is 0. The van der Waals surface area contributed by atoms with Gasteiger partial charge in [0.2, 0.25) is 0 Å². The molecule has 0 radical (unpaired) electrons. The molecule has 1 rings (SSSR count). The first-order valence-corrected chi connectivity index (χ1v) is 6.13. The molecule has 0 fully saturated rings. The number of hydrogen-bond acceptors (Lipinski definition) is 2. The van der Waals surface area contributed by atoms with Gasteiger partial charge in [0.1, 0.15) is 5.82 Å². The zero-order chi connectivity index (χ0) is 12.1. The van der Waals surface area contributed by atoms with Crippen LogP contribution in [0.25, 0.3) is 0 Å². The standard InChI is InChI=1S/C12H17BrFNO/c1-8(5-9(2)16)15-7-10-6-11(14)3-4-12(10)13/h3-4,6,8-9,15-16H,5,7H2,1-2H3. The normalized spacial score (nSPS) is 14.8.